The second-order valence-corrected chi connectivity index (χ2v) is 12.8. The lowest BCUT2D eigenvalue weighted by molar-refractivity contribution is -0.0326. The van der Waals surface area contributed by atoms with E-state index < -0.39 is 18.0 Å². The van der Waals surface area contributed by atoms with E-state index in [1.807, 2.05) is 0 Å². The van der Waals surface area contributed by atoms with Crippen LogP contribution in [0.3, 0.4) is 0 Å². The molecule has 0 aliphatic carbocycles. The van der Waals surface area contributed by atoms with Crippen LogP contribution < -0.4 is 0 Å². The maximum absolute atomic E-state index is 12.7. The van der Waals surface area contributed by atoms with E-state index in [1.165, 1.54) is 70.6 Å². The molecular weight excluding hydrogens is 648 g/mol. The van der Waals surface area contributed by atoms with Gasteiger partial charge in [0, 0.05) is 15.6 Å². The zero-order valence-corrected chi connectivity index (χ0v) is 28.1. The van der Waals surface area contributed by atoms with Gasteiger partial charge in [0.25, 0.3) is 0 Å². The maximum atomic E-state index is 12.7. The molecule has 0 radical (unpaired) electrons. The molecule has 1 unspecified atom stereocenters. The van der Waals surface area contributed by atoms with E-state index in [0.29, 0.717) is 17.7 Å². The van der Waals surface area contributed by atoms with Gasteiger partial charge in [0.05, 0.1) is 17.7 Å². The molecule has 0 aromatic heterocycles. The smallest absolute Gasteiger partial charge is 0.338 e. The van der Waals surface area contributed by atoms with Gasteiger partial charge in [-0.15, -0.1) is 0 Å². The van der Waals surface area contributed by atoms with Crippen LogP contribution in [0.4, 0.5) is 0 Å². The fraction of sp³-hybridized carbons (Fsp3) is 0.588. The Hall–Kier alpha value is -1.70. The Balaban J connectivity index is 1.64. The highest BCUT2D eigenvalue weighted by Crippen LogP contribution is 2.19. The van der Waals surface area contributed by atoms with Crippen LogP contribution >= 0.6 is 31.9 Å². The van der Waals surface area contributed by atoms with E-state index in [2.05, 4.69) is 45.7 Å². The van der Waals surface area contributed by atoms with E-state index in [0.717, 1.165) is 27.7 Å². The van der Waals surface area contributed by atoms with Gasteiger partial charge in [-0.2, -0.15) is 0 Å². The lowest BCUT2D eigenvalue weighted by Gasteiger charge is -2.18. The minimum atomic E-state index is -0.695. The molecule has 2 rings (SSSR count). The van der Waals surface area contributed by atoms with Crippen molar-refractivity contribution in [3.8, 4) is 0 Å². The lowest BCUT2D eigenvalue weighted by Crippen LogP contribution is -2.30. The number of hydrogen-bond donors (Lipinski definition) is 0. The zero-order chi connectivity index (χ0) is 29.7. The first kappa shape index (κ1) is 35.5. The van der Waals surface area contributed by atoms with Crippen molar-refractivity contribution in [1.82, 2.24) is 0 Å². The predicted octanol–water partition coefficient (Wildman–Crippen LogP) is 10.3. The van der Waals surface area contributed by atoms with Gasteiger partial charge in [-0.3, -0.25) is 0 Å². The van der Waals surface area contributed by atoms with Crippen LogP contribution in [0.5, 0.6) is 0 Å². The third-order valence-electron chi connectivity index (χ3n) is 7.17. The van der Waals surface area contributed by atoms with Crippen LogP contribution in [0.25, 0.3) is 0 Å². The molecule has 7 heteroatoms. The van der Waals surface area contributed by atoms with Gasteiger partial charge in [-0.1, -0.05) is 123 Å². The van der Waals surface area contributed by atoms with E-state index in [1.54, 1.807) is 48.5 Å². The second kappa shape index (κ2) is 21.9. The molecule has 0 aliphatic rings. The topological polar surface area (TPSA) is 61.8 Å². The van der Waals surface area contributed by atoms with Crippen molar-refractivity contribution >= 4 is 43.8 Å². The number of hydrogen-bond acceptors (Lipinski definition) is 5. The van der Waals surface area contributed by atoms with Crippen LogP contribution in [-0.2, 0) is 14.2 Å². The van der Waals surface area contributed by atoms with Crippen LogP contribution in [0.1, 0.15) is 118 Å². The molecular formula is C34H48Br2O5. The highest BCUT2D eigenvalue weighted by molar-refractivity contribution is 9.10. The Bertz CT molecular complexity index is 978. The number of rotatable bonds is 22. The van der Waals surface area contributed by atoms with Gasteiger partial charge < -0.3 is 14.2 Å². The van der Waals surface area contributed by atoms with Crippen LogP contribution in [0.2, 0.25) is 0 Å². The Labute approximate surface area is 264 Å². The van der Waals surface area contributed by atoms with Crippen molar-refractivity contribution < 1.29 is 23.8 Å². The second-order valence-electron chi connectivity index (χ2n) is 10.9. The number of ether oxygens (including phenoxy) is 3. The molecule has 0 saturated carbocycles. The molecule has 0 amide bonds. The molecule has 228 valence electrons. The van der Waals surface area contributed by atoms with Gasteiger partial charge in [0.15, 0.2) is 6.10 Å². The van der Waals surface area contributed by atoms with Gasteiger partial charge in [0.1, 0.15) is 6.61 Å². The Morgan fingerprint density at radius 3 is 1.71 bits per heavy atom. The summed E-state index contributed by atoms with van der Waals surface area (Å²) in [5.74, 6) is -0.0925. The molecule has 0 saturated heterocycles. The summed E-state index contributed by atoms with van der Waals surface area (Å²) < 4.78 is 18.7. The van der Waals surface area contributed by atoms with Crippen molar-refractivity contribution in [3.05, 3.63) is 68.6 Å². The number of carbonyl (C=O) groups is 2. The highest BCUT2D eigenvalue weighted by Gasteiger charge is 2.19. The largest absolute Gasteiger partial charge is 0.458 e. The SMILES string of the molecule is CCCCCCCC(C)CCCCCCCCOC[C@H](COC(=O)c1ccc(Br)cc1)OC(=O)c1ccc(Br)cc1. The summed E-state index contributed by atoms with van der Waals surface area (Å²) in [6, 6.07) is 13.9. The number of esters is 2. The maximum Gasteiger partial charge on any atom is 0.338 e. The van der Waals surface area contributed by atoms with Crippen molar-refractivity contribution in [2.24, 2.45) is 5.92 Å². The fourth-order valence-electron chi connectivity index (χ4n) is 4.62. The number of halogens is 2. The lowest BCUT2D eigenvalue weighted by atomic mass is 9.96. The van der Waals surface area contributed by atoms with Crippen molar-refractivity contribution in [1.29, 1.82) is 0 Å². The highest BCUT2D eigenvalue weighted by atomic mass is 79.9. The fourth-order valence-corrected chi connectivity index (χ4v) is 5.15. The third-order valence-corrected chi connectivity index (χ3v) is 8.23. The summed E-state index contributed by atoms with van der Waals surface area (Å²) >= 11 is 6.73. The summed E-state index contributed by atoms with van der Waals surface area (Å²) in [5, 5.41) is 0. The van der Waals surface area contributed by atoms with Crippen molar-refractivity contribution in [3.63, 3.8) is 0 Å². The molecule has 2 aromatic carbocycles. The molecule has 0 bridgehead atoms. The average molecular weight is 697 g/mol. The molecule has 2 atom stereocenters. The first-order chi connectivity index (χ1) is 19.9. The summed E-state index contributed by atoms with van der Waals surface area (Å²) in [6.07, 6.45) is 16.1. The minimum absolute atomic E-state index is 0.0751. The quantitative estimate of drug-likeness (QED) is 0.0906. The summed E-state index contributed by atoms with van der Waals surface area (Å²) in [7, 11) is 0. The van der Waals surface area contributed by atoms with E-state index in [4.69, 9.17) is 14.2 Å². The number of benzene rings is 2. The van der Waals surface area contributed by atoms with E-state index in [-0.39, 0.29) is 13.2 Å². The molecule has 0 aliphatic heterocycles. The Kier molecular flexibility index (Phi) is 19.0. The molecule has 0 heterocycles. The van der Waals surface area contributed by atoms with Crippen molar-refractivity contribution in [2.75, 3.05) is 19.8 Å². The number of carbonyl (C=O) groups excluding carboxylic acids is 2. The Morgan fingerprint density at radius 2 is 1.15 bits per heavy atom. The summed E-state index contributed by atoms with van der Waals surface area (Å²) in [4.78, 5) is 25.1. The molecule has 0 N–H and O–H groups in total. The van der Waals surface area contributed by atoms with Crippen LogP contribution in [0, 0.1) is 5.92 Å². The molecule has 0 spiro atoms. The molecule has 0 fully saturated rings. The first-order valence-corrected chi connectivity index (χ1v) is 16.9. The van der Waals surface area contributed by atoms with Crippen LogP contribution in [0.15, 0.2) is 57.5 Å². The van der Waals surface area contributed by atoms with Gasteiger partial charge in [0.2, 0.25) is 0 Å². The standard InChI is InChI=1S/C34H48Br2O5/c1-3-4-5-8-11-14-27(2)15-12-9-6-7-10-13-24-39-25-32(41-34(38)29-18-22-31(36)23-19-29)26-40-33(37)28-16-20-30(35)21-17-28/h16-23,27,32H,3-15,24-26H2,1-2H3/t27?,32-/m1/s1. The van der Waals surface area contributed by atoms with Crippen molar-refractivity contribution in [2.45, 2.75) is 103 Å². The normalized spacial score (nSPS) is 12.6. The van der Waals surface area contributed by atoms with Gasteiger partial charge in [-0.25, -0.2) is 9.59 Å². The molecule has 5 nitrogen and oxygen atoms in total. The third kappa shape index (κ3) is 16.5. The molecule has 2 aromatic rings. The predicted molar refractivity (Wildman–Crippen MR) is 173 cm³/mol. The number of unbranched alkanes of at least 4 members (excludes halogenated alkanes) is 9. The monoisotopic (exact) mass is 694 g/mol. The molecule has 41 heavy (non-hydrogen) atoms. The first-order valence-electron chi connectivity index (χ1n) is 15.4. The minimum Gasteiger partial charge on any atom is -0.458 e. The summed E-state index contributed by atoms with van der Waals surface area (Å²) in [6.45, 7) is 5.36. The average Bonchev–Trinajstić information content (AvgIpc) is 2.97. The van der Waals surface area contributed by atoms with E-state index in [9.17, 15) is 9.59 Å². The van der Waals surface area contributed by atoms with Gasteiger partial charge in [-0.05, 0) is 60.9 Å². The zero-order valence-electron chi connectivity index (χ0n) is 24.9. The van der Waals surface area contributed by atoms with E-state index >= 15 is 0 Å². The van der Waals surface area contributed by atoms with Gasteiger partial charge >= 0.3 is 11.9 Å². The Morgan fingerprint density at radius 1 is 0.659 bits per heavy atom. The van der Waals surface area contributed by atoms with Crippen LogP contribution in [-0.4, -0.2) is 37.9 Å². The summed E-state index contributed by atoms with van der Waals surface area (Å²) in [5.41, 5.74) is 0.864.